The molecule has 0 fully saturated rings. The molecular formula is C18H24. The summed E-state index contributed by atoms with van der Waals surface area (Å²) >= 11 is 0. The smallest absolute Gasteiger partial charge is 0.0126 e. The lowest BCUT2D eigenvalue weighted by Gasteiger charge is -2.23. The van der Waals surface area contributed by atoms with Crippen molar-refractivity contribution in [2.45, 2.75) is 52.4 Å². The van der Waals surface area contributed by atoms with Crippen LogP contribution < -0.4 is 0 Å². The van der Waals surface area contributed by atoms with E-state index in [0.29, 0.717) is 0 Å². The van der Waals surface area contributed by atoms with Crippen molar-refractivity contribution >= 4 is 0 Å². The molecular weight excluding hydrogens is 216 g/mol. The van der Waals surface area contributed by atoms with Gasteiger partial charge in [-0.3, -0.25) is 0 Å². The van der Waals surface area contributed by atoms with Crippen LogP contribution in [0.4, 0.5) is 0 Å². The van der Waals surface area contributed by atoms with Gasteiger partial charge in [-0.15, -0.1) is 0 Å². The van der Waals surface area contributed by atoms with E-state index in [2.05, 4.69) is 77.9 Å². The molecule has 0 radical (unpaired) electrons. The first kappa shape index (κ1) is 13.1. The highest BCUT2D eigenvalue weighted by Gasteiger charge is 2.25. The normalized spacial score (nSPS) is 13.0. The predicted molar refractivity (Wildman–Crippen MR) is 80.5 cm³/mol. The Kier molecular flexibility index (Phi) is 3.01. The van der Waals surface area contributed by atoms with E-state index in [1.54, 1.807) is 0 Å². The van der Waals surface area contributed by atoms with Gasteiger partial charge in [0.15, 0.2) is 0 Å². The Balaban J connectivity index is 2.71. The van der Waals surface area contributed by atoms with Gasteiger partial charge in [0.1, 0.15) is 0 Å². The van der Waals surface area contributed by atoms with Gasteiger partial charge < -0.3 is 0 Å². The summed E-state index contributed by atoms with van der Waals surface area (Å²) in [6.45, 7) is 13.7. The minimum atomic E-state index is 0.181. The molecule has 18 heavy (non-hydrogen) atoms. The van der Waals surface area contributed by atoms with Gasteiger partial charge in [0.25, 0.3) is 0 Å². The number of hydrogen-bond donors (Lipinski definition) is 0. The van der Waals surface area contributed by atoms with Crippen molar-refractivity contribution in [3.05, 3.63) is 47.5 Å². The third-order valence-electron chi connectivity index (χ3n) is 3.54. The zero-order valence-corrected chi connectivity index (χ0v) is 12.5. The third-order valence-corrected chi connectivity index (χ3v) is 3.54. The number of hydrogen-bond acceptors (Lipinski definition) is 0. The molecule has 0 saturated carbocycles. The lowest BCUT2D eigenvalue weighted by atomic mass is 9.81. The van der Waals surface area contributed by atoms with E-state index >= 15 is 0 Å². The molecule has 0 N–H and O–H groups in total. The fraction of sp³-hybridized carbons (Fsp3) is 0.444. The molecule has 96 valence electrons. The second-order valence-electron chi connectivity index (χ2n) is 7.21. The molecule has 0 saturated heterocycles. The first-order valence-corrected chi connectivity index (χ1v) is 6.74. The maximum atomic E-state index is 2.29. The van der Waals surface area contributed by atoms with Crippen LogP contribution in [0.15, 0.2) is 36.4 Å². The van der Waals surface area contributed by atoms with Crippen LogP contribution in [-0.2, 0) is 10.8 Å². The Morgan fingerprint density at radius 1 is 0.556 bits per heavy atom. The molecule has 0 aliphatic heterocycles. The average Bonchev–Trinajstić information content (AvgIpc) is 2.49. The average molecular weight is 240 g/mol. The van der Waals surface area contributed by atoms with Gasteiger partial charge in [-0.25, -0.2) is 0 Å². The molecule has 0 nitrogen and oxygen atoms in total. The zero-order chi connectivity index (χ0) is 13.6. The van der Waals surface area contributed by atoms with Crippen LogP contribution in [0.5, 0.6) is 0 Å². The molecule has 0 heterocycles. The molecule has 0 unspecified atom stereocenters. The topological polar surface area (TPSA) is 0 Å². The minimum Gasteiger partial charge on any atom is -0.0619 e. The van der Waals surface area contributed by atoms with Gasteiger partial charge in [0.05, 0.1) is 0 Å². The molecule has 2 aliphatic rings. The summed E-state index contributed by atoms with van der Waals surface area (Å²) in [5, 5.41) is 0. The Morgan fingerprint density at radius 2 is 1.00 bits per heavy atom. The first-order chi connectivity index (χ1) is 8.21. The lowest BCUT2D eigenvalue weighted by Crippen LogP contribution is -2.13. The van der Waals surface area contributed by atoms with Crippen molar-refractivity contribution in [1.82, 2.24) is 0 Å². The maximum absolute atomic E-state index is 2.29. The summed E-state index contributed by atoms with van der Waals surface area (Å²) in [4.78, 5) is 0. The van der Waals surface area contributed by atoms with Crippen LogP contribution in [-0.4, -0.2) is 0 Å². The molecule has 0 aromatic heterocycles. The molecule has 2 rings (SSSR count). The minimum absolute atomic E-state index is 0.181. The second-order valence-corrected chi connectivity index (χ2v) is 7.21. The molecule has 0 atom stereocenters. The molecule has 2 aliphatic carbocycles. The molecule has 0 heteroatoms. The van der Waals surface area contributed by atoms with E-state index in [9.17, 15) is 0 Å². The summed E-state index contributed by atoms with van der Waals surface area (Å²) in [6, 6.07) is 13.4. The largest absolute Gasteiger partial charge is 0.0619 e. The summed E-state index contributed by atoms with van der Waals surface area (Å²) in [5.41, 5.74) is 6.05. The highest BCUT2D eigenvalue weighted by Crippen LogP contribution is 2.40. The van der Waals surface area contributed by atoms with E-state index in [4.69, 9.17) is 0 Å². The van der Waals surface area contributed by atoms with Gasteiger partial charge >= 0.3 is 0 Å². The molecule has 0 spiro atoms. The van der Waals surface area contributed by atoms with Crippen molar-refractivity contribution < 1.29 is 0 Å². The van der Waals surface area contributed by atoms with Crippen molar-refractivity contribution in [2.75, 3.05) is 0 Å². The molecule has 0 amide bonds. The quantitative estimate of drug-likeness (QED) is 0.579. The SMILES string of the molecule is CC(C)(C)c1ccccc2c(C(C)(C)C)ccc1-2. The molecule has 0 bridgehead atoms. The van der Waals surface area contributed by atoms with Gasteiger partial charge in [-0.2, -0.15) is 0 Å². The lowest BCUT2D eigenvalue weighted by molar-refractivity contribution is 0.588. The first-order valence-electron chi connectivity index (χ1n) is 6.74. The van der Waals surface area contributed by atoms with E-state index in [0.717, 1.165) is 0 Å². The zero-order valence-electron chi connectivity index (χ0n) is 12.5. The van der Waals surface area contributed by atoms with E-state index in [-0.39, 0.29) is 10.8 Å². The Bertz CT molecular complexity index is 521. The summed E-state index contributed by atoms with van der Waals surface area (Å²) in [5.74, 6) is 0. The van der Waals surface area contributed by atoms with Crippen molar-refractivity contribution in [1.29, 1.82) is 0 Å². The number of rotatable bonds is 0. The van der Waals surface area contributed by atoms with Crippen LogP contribution in [0, 0.1) is 0 Å². The second kappa shape index (κ2) is 4.12. The maximum Gasteiger partial charge on any atom is -0.0126 e. The van der Waals surface area contributed by atoms with Gasteiger partial charge in [0, 0.05) is 0 Å². The predicted octanol–water partition coefficient (Wildman–Crippen LogP) is 5.39. The molecule has 0 aromatic carbocycles. The Morgan fingerprint density at radius 3 is 1.56 bits per heavy atom. The monoisotopic (exact) mass is 240 g/mol. The standard InChI is InChI=1S/C18H24/c1-17(2,3)15-10-8-7-9-13-14(15)11-12-16(13)18(4,5)6/h7-12H,1-6H3. The molecule has 0 aromatic rings. The number of fused-ring (bicyclic) bond motifs is 1. The van der Waals surface area contributed by atoms with Gasteiger partial charge in [-0.1, -0.05) is 77.9 Å². The third kappa shape index (κ3) is 2.29. The Hall–Kier alpha value is -1.30. The fourth-order valence-corrected chi connectivity index (χ4v) is 2.61. The van der Waals surface area contributed by atoms with Crippen LogP contribution in [0.3, 0.4) is 0 Å². The van der Waals surface area contributed by atoms with Crippen LogP contribution in [0.25, 0.3) is 11.1 Å². The van der Waals surface area contributed by atoms with Crippen LogP contribution >= 0.6 is 0 Å². The fourth-order valence-electron chi connectivity index (χ4n) is 2.61. The Labute approximate surface area is 111 Å². The summed E-state index contributed by atoms with van der Waals surface area (Å²) < 4.78 is 0. The van der Waals surface area contributed by atoms with E-state index < -0.39 is 0 Å². The van der Waals surface area contributed by atoms with Crippen molar-refractivity contribution in [2.24, 2.45) is 0 Å². The van der Waals surface area contributed by atoms with Crippen molar-refractivity contribution in [3.63, 3.8) is 0 Å². The summed E-state index contributed by atoms with van der Waals surface area (Å²) in [7, 11) is 0. The van der Waals surface area contributed by atoms with E-state index in [1.165, 1.54) is 22.3 Å². The van der Waals surface area contributed by atoms with Crippen LogP contribution in [0.2, 0.25) is 0 Å². The summed E-state index contributed by atoms with van der Waals surface area (Å²) in [6.07, 6.45) is 0. The van der Waals surface area contributed by atoms with Gasteiger partial charge in [-0.05, 0) is 33.1 Å². The highest BCUT2D eigenvalue weighted by molar-refractivity contribution is 5.75. The van der Waals surface area contributed by atoms with Crippen molar-refractivity contribution in [3.8, 4) is 11.1 Å². The van der Waals surface area contributed by atoms with Gasteiger partial charge in [0.2, 0.25) is 0 Å². The van der Waals surface area contributed by atoms with E-state index in [1.807, 2.05) is 0 Å². The highest BCUT2D eigenvalue weighted by atomic mass is 14.3. The van der Waals surface area contributed by atoms with Crippen LogP contribution in [0.1, 0.15) is 52.7 Å².